The Morgan fingerprint density at radius 3 is 2.63 bits per heavy atom. The second-order valence-electron chi connectivity index (χ2n) is 5.02. The predicted molar refractivity (Wildman–Crippen MR) is 75.6 cm³/mol. The highest BCUT2D eigenvalue weighted by molar-refractivity contribution is 8.01. The van der Waals surface area contributed by atoms with Gasteiger partial charge in [-0.15, -0.1) is 11.8 Å². The largest absolute Gasteiger partial charge is 0.480 e. The number of thioether (sulfide) groups is 1. The normalized spacial score (nSPS) is 19.2. The molecule has 0 spiro atoms. The van der Waals surface area contributed by atoms with Crippen molar-refractivity contribution in [3.05, 3.63) is 24.3 Å². The summed E-state index contributed by atoms with van der Waals surface area (Å²) in [5, 5.41) is 9.18. The van der Waals surface area contributed by atoms with E-state index in [0.717, 1.165) is 4.90 Å². The summed E-state index contributed by atoms with van der Waals surface area (Å²) in [6.07, 6.45) is 0.685. The van der Waals surface area contributed by atoms with Crippen molar-refractivity contribution in [2.75, 3.05) is 4.90 Å². The van der Waals surface area contributed by atoms with E-state index in [4.69, 9.17) is 0 Å². The van der Waals surface area contributed by atoms with Gasteiger partial charge in [0.15, 0.2) is 0 Å². The summed E-state index contributed by atoms with van der Waals surface area (Å²) >= 11 is 1.51. The van der Waals surface area contributed by atoms with Crippen LogP contribution in [0.1, 0.15) is 27.2 Å². The van der Waals surface area contributed by atoms with E-state index >= 15 is 0 Å². The van der Waals surface area contributed by atoms with E-state index in [1.54, 1.807) is 19.9 Å². The van der Waals surface area contributed by atoms with E-state index in [2.05, 4.69) is 0 Å². The molecule has 102 valence electrons. The first-order chi connectivity index (χ1) is 8.89. The van der Waals surface area contributed by atoms with Gasteiger partial charge in [-0.1, -0.05) is 19.1 Å². The van der Waals surface area contributed by atoms with Crippen LogP contribution in [0.25, 0.3) is 0 Å². The Labute approximate surface area is 116 Å². The molecule has 19 heavy (non-hydrogen) atoms. The number of carboxylic acids is 1. The second kappa shape index (κ2) is 4.89. The highest BCUT2D eigenvalue weighted by Gasteiger charge is 2.44. The van der Waals surface area contributed by atoms with Crippen molar-refractivity contribution in [1.29, 1.82) is 0 Å². The number of para-hydroxylation sites is 1. The molecule has 0 fully saturated rings. The minimum atomic E-state index is -1.25. The van der Waals surface area contributed by atoms with Gasteiger partial charge >= 0.3 is 5.97 Å². The van der Waals surface area contributed by atoms with E-state index in [1.165, 1.54) is 16.7 Å². The lowest BCUT2D eigenvalue weighted by Crippen LogP contribution is -2.57. The summed E-state index contributed by atoms with van der Waals surface area (Å²) in [6.45, 7) is 5.06. The molecule has 1 aliphatic rings. The molecular formula is C14H17NO3S. The van der Waals surface area contributed by atoms with Gasteiger partial charge in [0, 0.05) is 4.90 Å². The monoisotopic (exact) mass is 279 g/mol. The van der Waals surface area contributed by atoms with Crippen LogP contribution < -0.4 is 4.90 Å². The predicted octanol–water partition coefficient (Wildman–Crippen LogP) is 2.77. The maximum Gasteiger partial charge on any atom is 0.329 e. The second-order valence-corrected chi connectivity index (χ2v) is 6.26. The third-order valence-corrected chi connectivity index (χ3v) is 4.74. The molecule has 0 saturated heterocycles. The fourth-order valence-corrected chi connectivity index (χ4v) is 3.25. The number of amides is 1. The molecule has 0 aliphatic carbocycles. The molecule has 1 aromatic rings. The Balaban J connectivity index is 2.57. The van der Waals surface area contributed by atoms with Gasteiger partial charge in [-0.2, -0.15) is 0 Å². The number of carboxylic acid groups (broad SMARTS) is 1. The van der Waals surface area contributed by atoms with Gasteiger partial charge in [-0.3, -0.25) is 9.69 Å². The molecular weight excluding hydrogens is 262 g/mol. The van der Waals surface area contributed by atoms with Crippen molar-refractivity contribution >= 4 is 29.3 Å². The smallest absolute Gasteiger partial charge is 0.329 e. The van der Waals surface area contributed by atoms with Gasteiger partial charge < -0.3 is 5.11 Å². The van der Waals surface area contributed by atoms with Crippen molar-refractivity contribution in [1.82, 2.24) is 0 Å². The molecule has 2 rings (SSSR count). The van der Waals surface area contributed by atoms with E-state index in [9.17, 15) is 14.7 Å². The maximum atomic E-state index is 12.5. The van der Waals surface area contributed by atoms with Crippen LogP contribution in [0.5, 0.6) is 0 Å². The van der Waals surface area contributed by atoms with Gasteiger partial charge in [0.25, 0.3) is 0 Å². The molecule has 0 saturated carbocycles. The highest BCUT2D eigenvalue weighted by atomic mass is 32.2. The number of carbonyl (C=O) groups excluding carboxylic acids is 1. The number of rotatable bonds is 3. The molecule has 0 aromatic heterocycles. The molecule has 1 amide bonds. The van der Waals surface area contributed by atoms with Crippen LogP contribution in [-0.4, -0.2) is 27.8 Å². The summed E-state index contributed by atoms with van der Waals surface area (Å²) in [5.74, 6) is -1.13. The minimum absolute atomic E-state index is 0.126. The van der Waals surface area contributed by atoms with Crippen LogP contribution in [0.15, 0.2) is 29.2 Å². The standard InChI is InChI=1S/C14H17NO3S/c1-4-10-12(16)15(14(2,3)13(17)18)9-7-5-6-8-11(9)19-10/h5-8,10H,4H2,1-3H3,(H,17,18). The Bertz CT molecular complexity index is 527. The fourth-order valence-electron chi connectivity index (χ4n) is 2.14. The molecule has 0 bridgehead atoms. The van der Waals surface area contributed by atoms with Crippen LogP contribution >= 0.6 is 11.8 Å². The lowest BCUT2D eigenvalue weighted by molar-refractivity contribution is -0.143. The van der Waals surface area contributed by atoms with E-state index in [-0.39, 0.29) is 11.2 Å². The first kappa shape index (κ1) is 13.9. The molecule has 4 nitrogen and oxygen atoms in total. The van der Waals surface area contributed by atoms with Crippen molar-refractivity contribution in [3.63, 3.8) is 0 Å². The highest BCUT2D eigenvalue weighted by Crippen LogP contribution is 2.43. The van der Waals surface area contributed by atoms with E-state index in [1.807, 2.05) is 25.1 Å². The van der Waals surface area contributed by atoms with Crippen molar-refractivity contribution < 1.29 is 14.7 Å². The molecule has 5 heteroatoms. The maximum absolute atomic E-state index is 12.5. The van der Waals surface area contributed by atoms with Gasteiger partial charge in [0.2, 0.25) is 5.91 Å². The summed E-state index contributed by atoms with van der Waals surface area (Å²) in [4.78, 5) is 26.4. The topological polar surface area (TPSA) is 57.6 Å². The summed E-state index contributed by atoms with van der Waals surface area (Å²) in [6, 6.07) is 7.46. The number of fused-ring (bicyclic) bond motifs is 1. The third-order valence-electron chi connectivity index (χ3n) is 3.32. The van der Waals surface area contributed by atoms with Gasteiger partial charge in [-0.25, -0.2) is 4.79 Å². The number of nitrogens with zero attached hydrogens (tertiary/aromatic N) is 1. The van der Waals surface area contributed by atoms with E-state index < -0.39 is 11.5 Å². The van der Waals surface area contributed by atoms with Gasteiger partial charge in [-0.05, 0) is 32.4 Å². The summed E-state index contributed by atoms with van der Waals surface area (Å²) in [5.41, 5.74) is -0.559. The SMILES string of the molecule is CCC1Sc2ccccc2N(C(C)(C)C(=O)O)C1=O. The Kier molecular flexibility index (Phi) is 3.58. The average Bonchev–Trinajstić information content (AvgIpc) is 2.37. The molecule has 1 unspecified atom stereocenters. The molecule has 1 atom stereocenters. The fraction of sp³-hybridized carbons (Fsp3) is 0.429. The lowest BCUT2D eigenvalue weighted by atomic mass is 10.0. The number of carbonyl (C=O) groups is 2. The number of hydrogen-bond acceptors (Lipinski definition) is 3. The first-order valence-electron chi connectivity index (χ1n) is 6.22. The van der Waals surface area contributed by atoms with Gasteiger partial charge in [0.1, 0.15) is 5.54 Å². The molecule has 1 aliphatic heterocycles. The van der Waals surface area contributed by atoms with Crippen LogP contribution in [0.2, 0.25) is 0 Å². The van der Waals surface area contributed by atoms with Crippen LogP contribution in [0.3, 0.4) is 0 Å². The molecule has 1 N–H and O–H groups in total. The third kappa shape index (κ3) is 2.23. The Morgan fingerprint density at radius 1 is 1.42 bits per heavy atom. The molecule has 0 radical (unpaired) electrons. The number of aliphatic carboxylic acids is 1. The number of benzene rings is 1. The summed E-state index contributed by atoms with van der Waals surface area (Å²) < 4.78 is 0. The Morgan fingerprint density at radius 2 is 2.05 bits per heavy atom. The zero-order chi connectivity index (χ0) is 14.2. The Hall–Kier alpha value is -1.49. The lowest BCUT2D eigenvalue weighted by Gasteiger charge is -2.41. The van der Waals surface area contributed by atoms with Crippen LogP contribution in [0.4, 0.5) is 5.69 Å². The zero-order valence-corrected chi connectivity index (χ0v) is 12.0. The number of anilines is 1. The van der Waals surface area contributed by atoms with Crippen LogP contribution in [0, 0.1) is 0 Å². The van der Waals surface area contributed by atoms with Crippen molar-refractivity contribution in [2.45, 2.75) is 42.9 Å². The number of hydrogen-bond donors (Lipinski definition) is 1. The quantitative estimate of drug-likeness (QED) is 0.924. The molecule has 1 aromatic carbocycles. The molecule has 1 heterocycles. The van der Waals surface area contributed by atoms with Gasteiger partial charge in [0.05, 0.1) is 10.9 Å². The minimum Gasteiger partial charge on any atom is -0.480 e. The first-order valence-corrected chi connectivity index (χ1v) is 7.10. The van der Waals surface area contributed by atoms with Crippen molar-refractivity contribution in [2.24, 2.45) is 0 Å². The average molecular weight is 279 g/mol. The van der Waals surface area contributed by atoms with Crippen molar-refractivity contribution in [3.8, 4) is 0 Å². The van der Waals surface area contributed by atoms with E-state index in [0.29, 0.717) is 12.1 Å². The summed E-state index contributed by atoms with van der Waals surface area (Å²) in [7, 11) is 0. The van der Waals surface area contributed by atoms with Crippen LogP contribution in [-0.2, 0) is 9.59 Å². The zero-order valence-electron chi connectivity index (χ0n) is 11.2.